The van der Waals surface area contributed by atoms with Crippen LogP contribution in [0.4, 0.5) is 18.9 Å². The van der Waals surface area contributed by atoms with Crippen LogP contribution >= 0.6 is 12.4 Å². The number of carbonyl (C=O) groups excluding carboxylic acids is 2. The summed E-state index contributed by atoms with van der Waals surface area (Å²) >= 11 is 0. The van der Waals surface area contributed by atoms with Crippen LogP contribution < -0.4 is 16.0 Å². The number of hydrogen-bond acceptors (Lipinski definition) is 3. The van der Waals surface area contributed by atoms with Crippen LogP contribution in [0.25, 0.3) is 0 Å². The van der Waals surface area contributed by atoms with Gasteiger partial charge in [0, 0.05) is 12.2 Å². The van der Waals surface area contributed by atoms with Crippen molar-refractivity contribution >= 4 is 29.9 Å². The molecule has 2 rings (SSSR count). The van der Waals surface area contributed by atoms with Gasteiger partial charge in [0.2, 0.25) is 11.8 Å². The lowest BCUT2D eigenvalue weighted by Crippen LogP contribution is -2.37. The zero-order valence-electron chi connectivity index (χ0n) is 12.1. The van der Waals surface area contributed by atoms with Gasteiger partial charge >= 0.3 is 6.18 Å². The highest BCUT2D eigenvalue weighted by Gasteiger charge is 2.30. The first-order valence-corrected chi connectivity index (χ1v) is 6.82. The monoisotopic (exact) mass is 351 g/mol. The maximum atomic E-state index is 12.6. The van der Waals surface area contributed by atoms with Gasteiger partial charge in [-0.1, -0.05) is 6.07 Å². The van der Waals surface area contributed by atoms with Crippen molar-refractivity contribution in [1.82, 2.24) is 10.6 Å². The van der Waals surface area contributed by atoms with Crippen LogP contribution in [0.15, 0.2) is 24.3 Å². The van der Waals surface area contributed by atoms with Crippen molar-refractivity contribution in [2.75, 3.05) is 25.0 Å². The van der Waals surface area contributed by atoms with Gasteiger partial charge in [0.1, 0.15) is 0 Å². The van der Waals surface area contributed by atoms with Gasteiger partial charge in [0.15, 0.2) is 0 Å². The van der Waals surface area contributed by atoms with Crippen LogP contribution in [0.1, 0.15) is 12.0 Å². The van der Waals surface area contributed by atoms with Gasteiger partial charge in [0.05, 0.1) is 18.0 Å². The predicted octanol–water partition coefficient (Wildman–Crippen LogP) is 1.79. The van der Waals surface area contributed by atoms with Crippen molar-refractivity contribution in [3.63, 3.8) is 0 Å². The molecule has 1 aliphatic rings. The number of hydrogen-bond donors (Lipinski definition) is 3. The van der Waals surface area contributed by atoms with E-state index in [-0.39, 0.29) is 36.5 Å². The molecule has 0 saturated carbocycles. The van der Waals surface area contributed by atoms with Crippen LogP contribution in [0, 0.1) is 5.92 Å². The van der Waals surface area contributed by atoms with Crippen molar-refractivity contribution in [1.29, 1.82) is 0 Å². The lowest BCUT2D eigenvalue weighted by atomic mass is 10.1. The molecule has 1 saturated heterocycles. The van der Waals surface area contributed by atoms with E-state index in [9.17, 15) is 22.8 Å². The lowest BCUT2D eigenvalue weighted by molar-refractivity contribution is -0.137. The van der Waals surface area contributed by atoms with E-state index >= 15 is 0 Å². The number of carbonyl (C=O) groups is 2. The second kappa shape index (κ2) is 8.16. The first-order chi connectivity index (χ1) is 10.4. The lowest BCUT2D eigenvalue weighted by Gasteiger charge is -2.11. The average molecular weight is 352 g/mol. The van der Waals surface area contributed by atoms with Crippen molar-refractivity contribution in [3.8, 4) is 0 Å². The van der Waals surface area contributed by atoms with Gasteiger partial charge < -0.3 is 16.0 Å². The molecular weight excluding hydrogens is 335 g/mol. The van der Waals surface area contributed by atoms with Gasteiger partial charge in [-0.05, 0) is 31.2 Å². The molecule has 0 aromatic heterocycles. The molecule has 1 heterocycles. The third-order valence-electron chi connectivity index (χ3n) is 3.33. The third-order valence-corrected chi connectivity index (χ3v) is 3.33. The van der Waals surface area contributed by atoms with E-state index in [0.717, 1.165) is 18.7 Å². The quantitative estimate of drug-likeness (QED) is 0.774. The molecule has 23 heavy (non-hydrogen) atoms. The Morgan fingerprint density at radius 2 is 2.04 bits per heavy atom. The van der Waals surface area contributed by atoms with Gasteiger partial charge in [-0.25, -0.2) is 0 Å². The highest BCUT2D eigenvalue weighted by Crippen LogP contribution is 2.30. The fourth-order valence-corrected chi connectivity index (χ4v) is 2.17. The number of amides is 2. The van der Waals surface area contributed by atoms with Gasteiger partial charge in [-0.3, -0.25) is 9.59 Å². The number of alkyl halides is 3. The number of halogens is 4. The van der Waals surface area contributed by atoms with Crippen molar-refractivity contribution in [2.45, 2.75) is 12.6 Å². The summed E-state index contributed by atoms with van der Waals surface area (Å²) in [5.41, 5.74) is -0.803. The summed E-state index contributed by atoms with van der Waals surface area (Å²) in [5, 5.41) is 7.84. The maximum Gasteiger partial charge on any atom is 0.416 e. The van der Waals surface area contributed by atoms with Crippen LogP contribution in [-0.2, 0) is 15.8 Å². The summed E-state index contributed by atoms with van der Waals surface area (Å²) in [6, 6.07) is 4.34. The van der Waals surface area contributed by atoms with E-state index in [0.29, 0.717) is 13.0 Å². The third kappa shape index (κ3) is 5.72. The van der Waals surface area contributed by atoms with E-state index in [1.54, 1.807) is 0 Å². The number of nitrogens with one attached hydrogen (secondary N) is 3. The van der Waals surface area contributed by atoms with Crippen LogP contribution in [0.2, 0.25) is 0 Å². The Labute approximate surface area is 137 Å². The molecule has 0 aliphatic carbocycles. The van der Waals surface area contributed by atoms with E-state index < -0.39 is 17.6 Å². The molecule has 1 atom stereocenters. The van der Waals surface area contributed by atoms with Crippen molar-refractivity contribution in [3.05, 3.63) is 29.8 Å². The van der Waals surface area contributed by atoms with E-state index in [1.165, 1.54) is 12.1 Å². The summed E-state index contributed by atoms with van der Waals surface area (Å²) in [4.78, 5) is 23.4. The summed E-state index contributed by atoms with van der Waals surface area (Å²) in [5.74, 6) is -0.968. The normalized spacial score (nSPS) is 17.3. The second-order valence-corrected chi connectivity index (χ2v) is 5.03. The molecular formula is C14H17ClF3N3O2. The van der Waals surface area contributed by atoms with E-state index in [4.69, 9.17) is 0 Å². The first kappa shape index (κ1) is 19.2. The Morgan fingerprint density at radius 1 is 1.30 bits per heavy atom. The molecule has 3 N–H and O–H groups in total. The molecule has 0 radical (unpaired) electrons. The minimum atomic E-state index is -4.47. The molecule has 1 aliphatic heterocycles. The molecule has 9 heteroatoms. The first-order valence-electron chi connectivity index (χ1n) is 6.82. The second-order valence-electron chi connectivity index (χ2n) is 5.03. The Kier molecular flexibility index (Phi) is 6.83. The Morgan fingerprint density at radius 3 is 2.65 bits per heavy atom. The van der Waals surface area contributed by atoms with Gasteiger partial charge in [-0.2, -0.15) is 13.2 Å². The number of rotatable bonds is 4. The maximum absolute atomic E-state index is 12.6. The van der Waals surface area contributed by atoms with E-state index in [1.807, 2.05) is 0 Å². The summed E-state index contributed by atoms with van der Waals surface area (Å²) < 4.78 is 37.7. The predicted molar refractivity (Wildman–Crippen MR) is 81.3 cm³/mol. The van der Waals surface area contributed by atoms with Gasteiger partial charge in [0.25, 0.3) is 0 Å². The fourth-order valence-electron chi connectivity index (χ4n) is 2.17. The molecule has 0 spiro atoms. The fraction of sp³-hybridized carbons (Fsp3) is 0.429. The zero-order chi connectivity index (χ0) is 16.2. The minimum Gasteiger partial charge on any atom is -0.347 e. The Balaban J connectivity index is 0.00000264. The molecule has 1 aromatic rings. The highest BCUT2D eigenvalue weighted by molar-refractivity contribution is 5.94. The molecule has 5 nitrogen and oxygen atoms in total. The zero-order valence-corrected chi connectivity index (χ0v) is 12.9. The molecule has 128 valence electrons. The molecule has 1 unspecified atom stereocenters. The standard InChI is InChI=1S/C14H16F3N3O2.ClH/c15-14(16,17)10-2-1-3-11(6-10)20-12(21)8-19-13(22)9-4-5-18-7-9;/h1-3,6,9,18H,4-5,7-8H2,(H,19,22)(H,20,21);1H. The average Bonchev–Trinajstić information content (AvgIpc) is 2.98. The van der Waals surface area contributed by atoms with Crippen LogP contribution in [0.3, 0.4) is 0 Å². The topological polar surface area (TPSA) is 70.2 Å². The highest BCUT2D eigenvalue weighted by atomic mass is 35.5. The van der Waals surface area contributed by atoms with E-state index in [2.05, 4.69) is 16.0 Å². The largest absolute Gasteiger partial charge is 0.416 e. The minimum absolute atomic E-state index is 0. The van der Waals surface area contributed by atoms with Crippen molar-refractivity contribution in [2.24, 2.45) is 5.92 Å². The molecule has 1 fully saturated rings. The van der Waals surface area contributed by atoms with Crippen LogP contribution in [-0.4, -0.2) is 31.4 Å². The smallest absolute Gasteiger partial charge is 0.347 e. The SMILES string of the molecule is Cl.O=C(CNC(=O)C1CCNC1)Nc1cccc(C(F)(F)F)c1. The van der Waals surface area contributed by atoms with Crippen LogP contribution in [0.5, 0.6) is 0 Å². The summed E-state index contributed by atoms with van der Waals surface area (Å²) in [6.07, 6.45) is -3.76. The molecule has 1 aromatic carbocycles. The number of benzene rings is 1. The Bertz CT molecular complexity index is 560. The Hall–Kier alpha value is -1.80. The molecule has 0 bridgehead atoms. The summed E-state index contributed by atoms with van der Waals surface area (Å²) in [6.45, 7) is 1.06. The number of anilines is 1. The molecule has 2 amide bonds. The van der Waals surface area contributed by atoms with Gasteiger partial charge in [-0.15, -0.1) is 12.4 Å². The summed E-state index contributed by atoms with van der Waals surface area (Å²) in [7, 11) is 0. The van der Waals surface area contributed by atoms with Crippen molar-refractivity contribution < 1.29 is 22.8 Å².